The van der Waals surface area contributed by atoms with E-state index in [1.807, 2.05) is 0 Å². The monoisotopic (exact) mass is 167 g/mol. The van der Waals surface area contributed by atoms with E-state index >= 15 is 0 Å². The van der Waals surface area contributed by atoms with Crippen LogP contribution < -0.4 is 5.32 Å². The van der Waals surface area contributed by atoms with Crippen LogP contribution in [0.5, 0.6) is 0 Å². The minimum Gasteiger partial charge on any atom is -0.388 e. The number of rotatable bonds is 1. The standard InChI is InChI=1S/C6H10ClN.ClH/c7-5-6-3-1-2-4-8-6;/h3,8H,1-2,4-5H2;1H. The van der Waals surface area contributed by atoms with Gasteiger partial charge in [0.25, 0.3) is 0 Å². The summed E-state index contributed by atoms with van der Waals surface area (Å²) < 4.78 is 0. The van der Waals surface area contributed by atoms with Crippen molar-refractivity contribution in [3.8, 4) is 0 Å². The molecule has 54 valence electrons. The van der Waals surface area contributed by atoms with E-state index in [4.69, 9.17) is 11.6 Å². The van der Waals surface area contributed by atoms with Crippen molar-refractivity contribution in [2.45, 2.75) is 12.8 Å². The van der Waals surface area contributed by atoms with E-state index < -0.39 is 0 Å². The van der Waals surface area contributed by atoms with Gasteiger partial charge in [-0.2, -0.15) is 0 Å². The van der Waals surface area contributed by atoms with E-state index in [0.717, 1.165) is 6.54 Å². The average Bonchev–Trinajstić information content (AvgIpc) is 1.90. The quantitative estimate of drug-likeness (QED) is 0.589. The highest BCUT2D eigenvalue weighted by Crippen LogP contribution is 2.03. The lowest BCUT2D eigenvalue weighted by atomic mass is 10.2. The minimum atomic E-state index is 0. The third-order valence-electron chi connectivity index (χ3n) is 1.27. The zero-order chi connectivity index (χ0) is 5.82. The Morgan fingerprint density at radius 1 is 1.67 bits per heavy atom. The van der Waals surface area contributed by atoms with Gasteiger partial charge in [0.2, 0.25) is 0 Å². The maximum Gasteiger partial charge on any atom is 0.0618 e. The normalized spacial score (nSPS) is 17.2. The summed E-state index contributed by atoms with van der Waals surface area (Å²) in [5, 5.41) is 3.20. The van der Waals surface area contributed by atoms with E-state index in [2.05, 4.69) is 11.4 Å². The van der Waals surface area contributed by atoms with E-state index in [1.165, 1.54) is 18.5 Å². The topological polar surface area (TPSA) is 12.0 Å². The second-order valence-corrected chi connectivity index (χ2v) is 2.20. The first kappa shape index (κ1) is 9.12. The fourth-order valence-electron chi connectivity index (χ4n) is 0.801. The van der Waals surface area contributed by atoms with Crippen molar-refractivity contribution in [2.24, 2.45) is 0 Å². The smallest absolute Gasteiger partial charge is 0.0618 e. The lowest BCUT2D eigenvalue weighted by Crippen LogP contribution is -2.19. The summed E-state index contributed by atoms with van der Waals surface area (Å²) in [6.07, 6.45) is 4.60. The summed E-state index contributed by atoms with van der Waals surface area (Å²) in [4.78, 5) is 0. The molecule has 1 rings (SSSR count). The second-order valence-electron chi connectivity index (χ2n) is 1.93. The number of hydrogen-bond acceptors (Lipinski definition) is 1. The summed E-state index contributed by atoms with van der Waals surface area (Å²) in [5.41, 5.74) is 1.19. The number of alkyl halides is 1. The van der Waals surface area contributed by atoms with Crippen molar-refractivity contribution in [3.05, 3.63) is 11.8 Å². The fourth-order valence-corrected chi connectivity index (χ4v) is 1.00. The van der Waals surface area contributed by atoms with Gasteiger partial charge in [-0.1, -0.05) is 6.08 Å². The Kier molecular flexibility index (Phi) is 5.02. The summed E-state index contributed by atoms with van der Waals surface area (Å²) in [7, 11) is 0. The molecule has 0 amide bonds. The Labute approximate surface area is 66.9 Å². The molecule has 0 aliphatic carbocycles. The van der Waals surface area contributed by atoms with Gasteiger partial charge in [-0.15, -0.1) is 24.0 Å². The lowest BCUT2D eigenvalue weighted by molar-refractivity contribution is 0.691. The Bertz CT molecular complexity index is 101. The molecule has 1 heterocycles. The number of nitrogens with one attached hydrogen (secondary N) is 1. The van der Waals surface area contributed by atoms with E-state index in [-0.39, 0.29) is 12.4 Å². The Balaban J connectivity index is 0.000000640. The average molecular weight is 168 g/mol. The molecule has 1 N–H and O–H groups in total. The highest BCUT2D eigenvalue weighted by Gasteiger charge is 1.97. The molecule has 1 nitrogen and oxygen atoms in total. The summed E-state index contributed by atoms with van der Waals surface area (Å²) >= 11 is 5.55. The van der Waals surface area contributed by atoms with E-state index in [9.17, 15) is 0 Å². The highest BCUT2D eigenvalue weighted by atomic mass is 35.5. The number of allylic oxidation sites excluding steroid dienone is 2. The van der Waals surface area contributed by atoms with Crippen molar-refractivity contribution in [1.29, 1.82) is 0 Å². The van der Waals surface area contributed by atoms with Crippen LogP contribution in [0.15, 0.2) is 11.8 Å². The van der Waals surface area contributed by atoms with Crippen molar-refractivity contribution >= 4 is 24.0 Å². The Hall–Kier alpha value is 0.120. The Morgan fingerprint density at radius 3 is 2.78 bits per heavy atom. The molecule has 0 aromatic heterocycles. The fraction of sp³-hybridized carbons (Fsp3) is 0.667. The van der Waals surface area contributed by atoms with Crippen LogP contribution in [0.2, 0.25) is 0 Å². The van der Waals surface area contributed by atoms with Gasteiger partial charge in [-0.25, -0.2) is 0 Å². The third-order valence-corrected chi connectivity index (χ3v) is 1.56. The van der Waals surface area contributed by atoms with Crippen molar-refractivity contribution in [2.75, 3.05) is 12.4 Å². The van der Waals surface area contributed by atoms with Gasteiger partial charge < -0.3 is 5.32 Å². The predicted molar refractivity (Wildman–Crippen MR) is 43.3 cm³/mol. The molecule has 1 aliphatic rings. The zero-order valence-corrected chi connectivity index (χ0v) is 6.76. The van der Waals surface area contributed by atoms with Gasteiger partial charge in [0.1, 0.15) is 0 Å². The molecule has 9 heavy (non-hydrogen) atoms. The number of hydrogen-bond donors (Lipinski definition) is 1. The van der Waals surface area contributed by atoms with Crippen LogP contribution in [-0.2, 0) is 0 Å². The molecule has 0 aromatic rings. The van der Waals surface area contributed by atoms with Crippen LogP contribution in [-0.4, -0.2) is 12.4 Å². The molecule has 0 saturated carbocycles. The van der Waals surface area contributed by atoms with Gasteiger partial charge >= 0.3 is 0 Å². The molecule has 0 unspecified atom stereocenters. The maximum absolute atomic E-state index is 5.55. The van der Waals surface area contributed by atoms with Crippen molar-refractivity contribution < 1.29 is 0 Å². The molecule has 3 heteroatoms. The van der Waals surface area contributed by atoms with Gasteiger partial charge in [0.15, 0.2) is 0 Å². The molecule has 0 bridgehead atoms. The summed E-state index contributed by atoms with van der Waals surface area (Å²) in [6.45, 7) is 1.10. The first-order valence-corrected chi connectivity index (χ1v) is 3.46. The van der Waals surface area contributed by atoms with E-state index in [1.54, 1.807) is 0 Å². The van der Waals surface area contributed by atoms with Gasteiger partial charge in [0, 0.05) is 12.2 Å². The van der Waals surface area contributed by atoms with Crippen LogP contribution in [0.1, 0.15) is 12.8 Å². The molecule has 0 spiro atoms. The van der Waals surface area contributed by atoms with Crippen LogP contribution in [0, 0.1) is 0 Å². The van der Waals surface area contributed by atoms with Crippen LogP contribution in [0.4, 0.5) is 0 Å². The van der Waals surface area contributed by atoms with Crippen LogP contribution in [0.25, 0.3) is 0 Å². The lowest BCUT2D eigenvalue weighted by Gasteiger charge is -2.11. The first-order chi connectivity index (χ1) is 3.93. The van der Waals surface area contributed by atoms with Gasteiger partial charge in [0.05, 0.1) is 5.88 Å². The largest absolute Gasteiger partial charge is 0.388 e. The van der Waals surface area contributed by atoms with Gasteiger partial charge in [-0.3, -0.25) is 0 Å². The molecule has 0 fully saturated rings. The number of halogens is 2. The van der Waals surface area contributed by atoms with Crippen molar-refractivity contribution in [1.82, 2.24) is 5.32 Å². The third kappa shape index (κ3) is 2.97. The summed E-state index contributed by atoms with van der Waals surface area (Å²) in [6, 6.07) is 0. The molecular formula is C6H11Cl2N. The maximum atomic E-state index is 5.55. The molecule has 0 radical (unpaired) electrons. The Morgan fingerprint density at radius 2 is 2.44 bits per heavy atom. The van der Waals surface area contributed by atoms with Crippen LogP contribution in [0.3, 0.4) is 0 Å². The molecule has 1 aliphatic heterocycles. The molecule has 0 aromatic carbocycles. The SMILES string of the molecule is Cl.ClCC1=CCCCN1. The molecular weight excluding hydrogens is 157 g/mol. The van der Waals surface area contributed by atoms with Gasteiger partial charge in [-0.05, 0) is 12.8 Å². The summed E-state index contributed by atoms with van der Waals surface area (Å²) in [5.74, 6) is 0.639. The first-order valence-electron chi connectivity index (χ1n) is 2.92. The minimum absolute atomic E-state index is 0. The van der Waals surface area contributed by atoms with Crippen molar-refractivity contribution in [3.63, 3.8) is 0 Å². The highest BCUT2D eigenvalue weighted by molar-refractivity contribution is 6.19. The molecule has 0 atom stereocenters. The second kappa shape index (κ2) is 4.95. The van der Waals surface area contributed by atoms with E-state index in [0.29, 0.717) is 5.88 Å². The zero-order valence-electron chi connectivity index (χ0n) is 5.19. The van der Waals surface area contributed by atoms with Crippen LogP contribution >= 0.6 is 24.0 Å². The predicted octanol–water partition coefficient (Wildman–Crippen LogP) is 1.91. The molecule has 0 saturated heterocycles.